The molecular formula is C14H17NO6S. The molecule has 0 bridgehead atoms. The Balaban J connectivity index is 2.28. The van der Waals surface area contributed by atoms with Gasteiger partial charge in [-0.05, 0) is 24.5 Å². The number of carboxylic acid groups (broad SMARTS) is 1. The van der Waals surface area contributed by atoms with Crippen LogP contribution in [0, 0.1) is 11.8 Å². The van der Waals surface area contributed by atoms with E-state index in [1.54, 1.807) is 13.8 Å². The van der Waals surface area contributed by atoms with Crippen LogP contribution in [0.3, 0.4) is 0 Å². The summed E-state index contributed by atoms with van der Waals surface area (Å²) in [6.45, 7) is 3.61. The summed E-state index contributed by atoms with van der Waals surface area (Å²) in [6.07, 6.45) is 0.838. The molecule has 8 heteroatoms. The van der Waals surface area contributed by atoms with E-state index in [4.69, 9.17) is 14.1 Å². The van der Waals surface area contributed by atoms with Crippen molar-refractivity contribution in [1.82, 2.24) is 4.98 Å². The molecule has 0 spiro atoms. The van der Waals surface area contributed by atoms with Crippen molar-refractivity contribution in [2.75, 3.05) is 0 Å². The summed E-state index contributed by atoms with van der Waals surface area (Å²) in [4.78, 5) is 15.1. The van der Waals surface area contributed by atoms with E-state index in [0.29, 0.717) is 24.2 Å². The second kappa shape index (κ2) is 6.05. The van der Waals surface area contributed by atoms with Gasteiger partial charge in [-0.3, -0.25) is 9.35 Å². The summed E-state index contributed by atoms with van der Waals surface area (Å²) in [5, 5.41) is 9.14. The number of benzene rings is 1. The number of oxazole rings is 1. The predicted molar refractivity (Wildman–Crippen MR) is 78.1 cm³/mol. The van der Waals surface area contributed by atoms with E-state index in [1.165, 1.54) is 18.2 Å². The van der Waals surface area contributed by atoms with E-state index in [2.05, 4.69) is 4.98 Å². The van der Waals surface area contributed by atoms with Crippen molar-refractivity contribution in [3.05, 3.63) is 24.1 Å². The third-order valence-electron chi connectivity index (χ3n) is 3.64. The average molecular weight is 327 g/mol. The fourth-order valence-electron chi connectivity index (χ4n) is 2.44. The molecule has 120 valence electrons. The molecular weight excluding hydrogens is 310 g/mol. The van der Waals surface area contributed by atoms with Gasteiger partial charge in [-0.25, -0.2) is 4.98 Å². The van der Waals surface area contributed by atoms with Crippen LogP contribution in [0.15, 0.2) is 27.5 Å². The monoisotopic (exact) mass is 327 g/mol. The first-order valence-electron chi connectivity index (χ1n) is 6.82. The van der Waals surface area contributed by atoms with Crippen molar-refractivity contribution in [2.45, 2.75) is 31.6 Å². The van der Waals surface area contributed by atoms with Gasteiger partial charge in [-0.1, -0.05) is 13.8 Å². The van der Waals surface area contributed by atoms with E-state index in [9.17, 15) is 13.2 Å². The van der Waals surface area contributed by atoms with Crippen LogP contribution in [0.25, 0.3) is 11.1 Å². The van der Waals surface area contributed by atoms with Crippen LogP contribution in [0.2, 0.25) is 0 Å². The lowest BCUT2D eigenvalue weighted by Crippen LogP contribution is -2.22. The highest BCUT2D eigenvalue weighted by Crippen LogP contribution is 2.24. The van der Waals surface area contributed by atoms with Crippen LogP contribution >= 0.6 is 0 Å². The lowest BCUT2D eigenvalue weighted by Gasteiger charge is -2.16. The Hall–Kier alpha value is -1.93. The van der Waals surface area contributed by atoms with Crippen LogP contribution in [0.4, 0.5) is 0 Å². The fourth-order valence-corrected chi connectivity index (χ4v) is 2.93. The number of hydrogen-bond acceptors (Lipinski definition) is 5. The molecule has 0 saturated heterocycles. The molecule has 2 unspecified atom stereocenters. The molecule has 2 rings (SSSR count). The minimum Gasteiger partial charge on any atom is -0.481 e. The zero-order chi connectivity index (χ0) is 16.5. The van der Waals surface area contributed by atoms with E-state index >= 15 is 0 Å². The molecule has 0 aliphatic heterocycles. The minimum absolute atomic E-state index is 0.170. The molecule has 0 amide bonds. The molecule has 7 nitrogen and oxygen atoms in total. The van der Waals surface area contributed by atoms with E-state index in [0.717, 1.165) is 0 Å². The van der Waals surface area contributed by atoms with Crippen molar-refractivity contribution >= 4 is 27.2 Å². The summed E-state index contributed by atoms with van der Waals surface area (Å²) in [5.74, 6) is -1.19. The number of carbonyl (C=O) groups is 1. The quantitative estimate of drug-likeness (QED) is 0.782. The highest BCUT2D eigenvalue weighted by molar-refractivity contribution is 7.85. The summed E-state index contributed by atoms with van der Waals surface area (Å²) < 4.78 is 36.7. The maximum absolute atomic E-state index is 11.1. The van der Waals surface area contributed by atoms with Crippen LogP contribution in [-0.4, -0.2) is 29.0 Å². The molecule has 2 atom stereocenters. The molecule has 2 N–H and O–H groups in total. The van der Waals surface area contributed by atoms with Crippen LogP contribution in [-0.2, 0) is 21.3 Å². The van der Waals surface area contributed by atoms with Crippen molar-refractivity contribution in [3.8, 4) is 0 Å². The van der Waals surface area contributed by atoms with Gasteiger partial charge in [0.15, 0.2) is 11.5 Å². The average Bonchev–Trinajstić information content (AvgIpc) is 2.78. The predicted octanol–water partition coefficient (Wildman–Crippen LogP) is 2.36. The summed E-state index contributed by atoms with van der Waals surface area (Å²) in [7, 11) is -4.30. The second-order valence-corrected chi connectivity index (χ2v) is 6.67. The van der Waals surface area contributed by atoms with Crippen LogP contribution < -0.4 is 0 Å². The molecule has 0 radical (unpaired) electrons. The van der Waals surface area contributed by atoms with Gasteiger partial charge in [0.1, 0.15) is 5.52 Å². The van der Waals surface area contributed by atoms with Crippen molar-refractivity contribution < 1.29 is 27.3 Å². The summed E-state index contributed by atoms with van der Waals surface area (Å²) >= 11 is 0. The molecule has 22 heavy (non-hydrogen) atoms. The number of nitrogens with zero attached hydrogens (tertiary/aromatic N) is 1. The number of aromatic nitrogens is 1. The largest absolute Gasteiger partial charge is 0.481 e. The number of fused-ring (bicyclic) bond motifs is 1. The van der Waals surface area contributed by atoms with Crippen molar-refractivity contribution in [2.24, 2.45) is 11.8 Å². The van der Waals surface area contributed by atoms with Crippen LogP contribution in [0.5, 0.6) is 0 Å². The Bertz CT molecular complexity index is 795. The number of aliphatic carboxylic acids is 1. The Morgan fingerprint density at radius 2 is 2.09 bits per heavy atom. The van der Waals surface area contributed by atoms with E-state index in [1.807, 2.05) is 0 Å². The first kappa shape index (κ1) is 16.4. The lowest BCUT2D eigenvalue weighted by molar-refractivity contribution is -0.143. The van der Waals surface area contributed by atoms with E-state index < -0.39 is 22.0 Å². The molecule has 0 aliphatic rings. The lowest BCUT2D eigenvalue weighted by atomic mass is 9.89. The molecule has 1 aromatic carbocycles. The first-order valence-corrected chi connectivity index (χ1v) is 8.26. The minimum atomic E-state index is -4.30. The Kier molecular flexibility index (Phi) is 4.52. The Morgan fingerprint density at radius 1 is 1.41 bits per heavy atom. The zero-order valence-corrected chi connectivity index (χ0v) is 13.0. The van der Waals surface area contributed by atoms with Crippen molar-refractivity contribution in [3.63, 3.8) is 0 Å². The maximum atomic E-state index is 11.1. The highest BCUT2D eigenvalue weighted by Gasteiger charge is 2.24. The van der Waals surface area contributed by atoms with Crippen molar-refractivity contribution in [1.29, 1.82) is 0 Å². The molecule has 0 aliphatic carbocycles. The number of rotatable bonds is 6. The standard InChI is InChI=1S/C14H17NO6S/c1-3-10(14(16)17)8(2)6-13-15-11-5-4-9(22(18,19)20)7-12(11)21-13/h4-5,7-8,10H,3,6H2,1-2H3,(H,16,17)(H,18,19,20). The van der Waals surface area contributed by atoms with Gasteiger partial charge in [0, 0.05) is 12.5 Å². The van der Waals surface area contributed by atoms with Gasteiger partial charge in [0.2, 0.25) is 0 Å². The zero-order valence-electron chi connectivity index (χ0n) is 12.2. The SMILES string of the molecule is CCC(C(=O)O)C(C)Cc1nc2ccc(S(=O)(=O)O)cc2o1. The number of hydrogen-bond donors (Lipinski definition) is 2. The third-order valence-corrected chi connectivity index (χ3v) is 4.49. The van der Waals surface area contributed by atoms with Gasteiger partial charge < -0.3 is 9.52 Å². The molecule has 2 aromatic rings. The molecule has 1 aromatic heterocycles. The maximum Gasteiger partial charge on any atom is 0.306 e. The smallest absolute Gasteiger partial charge is 0.306 e. The van der Waals surface area contributed by atoms with Crippen LogP contribution in [0.1, 0.15) is 26.2 Å². The third kappa shape index (κ3) is 3.45. The van der Waals surface area contributed by atoms with Gasteiger partial charge in [0.25, 0.3) is 10.1 Å². The van der Waals surface area contributed by atoms with Gasteiger partial charge in [0.05, 0.1) is 10.8 Å². The summed E-state index contributed by atoms with van der Waals surface area (Å²) in [6, 6.07) is 3.87. The van der Waals surface area contributed by atoms with E-state index in [-0.39, 0.29) is 16.4 Å². The molecule has 0 fully saturated rings. The first-order chi connectivity index (χ1) is 10.2. The normalized spacial score (nSPS) is 14.9. The van der Waals surface area contributed by atoms with Gasteiger partial charge in [-0.2, -0.15) is 8.42 Å². The topological polar surface area (TPSA) is 118 Å². The summed E-state index contributed by atoms with van der Waals surface area (Å²) in [5.41, 5.74) is 0.693. The Labute approximate surface area is 127 Å². The second-order valence-electron chi connectivity index (χ2n) is 5.25. The Morgan fingerprint density at radius 3 is 2.64 bits per heavy atom. The van der Waals surface area contributed by atoms with Gasteiger partial charge in [-0.15, -0.1) is 0 Å². The fraction of sp³-hybridized carbons (Fsp3) is 0.429. The number of carboxylic acids is 1. The molecule has 1 heterocycles. The highest BCUT2D eigenvalue weighted by atomic mass is 32.2. The molecule has 0 saturated carbocycles. The van der Waals surface area contributed by atoms with Gasteiger partial charge >= 0.3 is 5.97 Å².